The Balaban J connectivity index is 2.33. The SMILES string of the molecule is COCCNCCNCc1cccc(OC)c1OC. The maximum Gasteiger partial charge on any atom is 0.165 e. The van der Waals surface area contributed by atoms with E-state index in [-0.39, 0.29) is 0 Å². The number of methoxy groups -OCH3 is 3. The van der Waals surface area contributed by atoms with Crippen molar-refractivity contribution in [1.29, 1.82) is 0 Å². The van der Waals surface area contributed by atoms with E-state index >= 15 is 0 Å². The molecule has 0 amide bonds. The summed E-state index contributed by atoms with van der Waals surface area (Å²) in [5.74, 6) is 1.56. The molecule has 0 fully saturated rings. The van der Waals surface area contributed by atoms with Gasteiger partial charge in [0.05, 0.1) is 20.8 Å². The molecule has 0 radical (unpaired) electrons. The van der Waals surface area contributed by atoms with Crippen LogP contribution in [0.2, 0.25) is 0 Å². The van der Waals surface area contributed by atoms with Crippen LogP contribution in [0.25, 0.3) is 0 Å². The van der Waals surface area contributed by atoms with Crippen LogP contribution in [-0.4, -0.2) is 47.6 Å². The van der Waals surface area contributed by atoms with Crippen LogP contribution in [0, 0.1) is 0 Å². The van der Waals surface area contributed by atoms with Gasteiger partial charge in [-0.25, -0.2) is 0 Å². The Morgan fingerprint density at radius 1 is 0.947 bits per heavy atom. The molecule has 1 aromatic carbocycles. The van der Waals surface area contributed by atoms with E-state index in [2.05, 4.69) is 10.6 Å². The highest BCUT2D eigenvalue weighted by molar-refractivity contribution is 5.46. The van der Waals surface area contributed by atoms with E-state index in [0.717, 1.165) is 49.8 Å². The van der Waals surface area contributed by atoms with E-state index in [0.29, 0.717) is 0 Å². The van der Waals surface area contributed by atoms with E-state index in [1.807, 2.05) is 18.2 Å². The average Bonchev–Trinajstić information content (AvgIpc) is 2.45. The zero-order chi connectivity index (χ0) is 13.9. The minimum Gasteiger partial charge on any atom is -0.493 e. The average molecular weight is 268 g/mol. The molecule has 0 aromatic heterocycles. The number of benzene rings is 1. The molecule has 0 saturated heterocycles. The molecule has 5 heteroatoms. The molecule has 1 rings (SSSR count). The predicted octanol–water partition coefficient (Wildman–Crippen LogP) is 1.03. The molecule has 5 nitrogen and oxygen atoms in total. The minimum atomic E-state index is 0.740. The van der Waals surface area contributed by atoms with E-state index in [1.165, 1.54) is 0 Å². The second kappa shape index (κ2) is 9.61. The molecule has 0 heterocycles. The lowest BCUT2D eigenvalue weighted by Crippen LogP contribution is -2.29. The zero-order valence-corrected chi connectivity index (χ0v) is 12.0. The molecule has 19 heavy (non-hydrogen) atoms. The van der Waals surface area contributed by atoms with Gasteiger partial charge in [-0.1, -0.05) is 12.1 Å². The molecule has 2 N–H and O–H groups in total. The van der Waals surface area contributed by atoms with E-state index in [9.17, 15) is 0 Å². The number of para-hydroxylation sites is 1. The van der Waals surface area contributed by atoms with Crippen molar-refractivity contribution in [2.45, 2.75) is 6.54 Å². The summed E-state index contributed by atoms with van der Waals surface area (Å²) in [6.07, 6.45) is 0. The van der Waals surface area contributed by atoms with Crippen molar-refractivity contribution in [3.63, 3.8) is 0 Å². The Bertz CT molecular complexity index is 359. The van der Waals surface area contributed by atoms with Crippen LogP contribution in [0.3, 0.4) is 0 Å². The Kier molecular flexibility index (Phi) is 7.97. The van der Waals surface area contributed by atoms with Crippen LogP contribution in [0.1, 0.15) is 5.56 Å². The monoisotopic (exact) mass is 268 g/mol. The summed E-state index contributed by atoms with van der Waals surface area (Å²) in [6, 6.07) is 5.90. The van der Waals surface area contributed by atoms with Crippen molar-refractivity contribution in [3.05, 3.63) is 23.8 Å². The van der Waals surface area contributed by atoms with Gasteiger partial charge in [-0.3, -0.25) is 0 Å². The third-order valence-electron chi connectivity index (χ3n) is 2.76. The molecular weight excluding hydrogens is 244 g/mol. The molecular formula is C14H24N2O3. The number of hydrogen-bond acceptors (Lipinski definition) is 5. The molecule has 0 unspecified atom stereocenters. The molecule has 0 aliphatic heterocycles. The maximum absolute atomic E-state index is 5.38. The summed E-state index contributed by atoms with van der Waals surface area (Å²) in [7, 11) is 5.01. The highest BCUT2D eigenvalue weighted by Crippen LogP contribution is 2.30. The molecule has 0 spiro atoms. The lowest BCUT2D eigenvalue weighted by Gasteiger charge is -2.13. The van der Waals surface area contributed by atoms with Crippen LogP contribution < -0.4 is 20.1 Å². The molecule has 108 valence electrons. The van der Waals surface area contributed by atoms with Crippen LogP contribution in [0.4, 0.5) is 0 Å². The Morgan fingerprint density at radius 3 is 2.42 bits per heavy atom. The lowest BCUT2D eigenvalue weighted by atomic mass is 10.2. The molecule has 1 aromatic rings. The first-order chi connectivity index (χ1) is 9.33. The van der Waals surface area contributed by atoms with Crippen LogP contribution in [0.5, 0.6) is 11.5 Å². The second-order valence-corrected chi connectivity index (χ2v) is 4.07. The quantitative estimate of drug-likeness (QED) is 0.621. The predicted molar refractivity (Wildman–Crippen MR) is 76.0 cm³/mol. The van der Waals surface area contributed by atoms with Crippen LogP contribution >= 0.6 is 0 Å². The second-order valence-electron chi connectivity index (χ2n) is 4.07. The largest absolute Gasteiger partial charge is 0.493 e. The standard InChI is InChI=1S/C14H24N2O3/c1-17-10-9-15-7-8-16-11-12-5-4-6-13(18-2)14(12)19-3/h4-6,15-16H,7-11H2,1-3H3. The van der Waals surface area contributed by atoms with E-state index < -0.39 is 0 Å². The fraction of sp³-hybridized carbons (Fsp3) is 0.571. The molecule has 0 saturated carbocycles. The van der Waals surface area contributed by atoms with Crippen molar-refractivity contribution >= 4 is 0 Å². The molecule has 0 bridgehead atoms. The third-order valence-corrected chi connectivity index (χ3v) is 2.76. The summed E-state index contributed by atoms with van der Waals surface area (Å²) < 4.78 is 15.6. The number of ether oxygens (including phenoxy) is 3. The topological polar surface area (TPSA) is 51.8 Å². The van der Waals surface area contributed by atoms with Gasteiger partial charge in [-0.15, -0.1) is 0 Å². The summed E-state index contributed by atoms with van der Waals surface area (Å²) in [5, 5.41) is 6.65. The highest BCUT2D eigenvalue weighted by Gasteiger charge is 2.08. The maximum atomic E-state index is 5.38. The number of hydrogen-bond donors (Lipinski definition) is 2. The Hall–Kier alpha value is -1.30. The van der Waals surface area contributed by atoms with Gasteiger partial charge in [0.2, 0.25) is 0 Å². The first kappa shape index (κ1) is 15.8. The summed E-state index contributed by atoms with van der Waals surface area (Å²) >= 11 is 0. The van der Waals surface area contributed by atoms with Crippen LogP contribution in [-0.2, 0) is 11.3 Å². The first-order valence-corrected chi connectivity index (χ1v) is 6.43. The summed E-state index contributed by atoms with van der Waals surface area (Å²) in [6.45, 7) is 4.18. The minimum absolute atomic E-state index is 0.740. The fourth-order valence-electron chi connectivity index (χ4n) is 1.79. The normalized spacial score (nSPS) is 10.5. The zero-order valence-electron chi connectivity index (χ0n) is 12.0. The first-order valence-electron chi connectivity index (χ1n) is 6.43. The summed E-state index contributed by atoms with van der Waals surface area (Å²) in [5.41, 5.74) is 1.10. The lowest BCUT2D eigenvalue weighted by molar-refractivity contribution is 0.199. The van der Waals surface area contributed by atoms with Crippen molar-refractivity contribution in [2.24, 2.45) is 0 Å². The van der Waals surface area contributed by atoms with Gasteiger partial charge >= 0.3 is 0 Å². The highest BCUT2D eigenvalue weighted by atomic mass is 16.5. The Labute approximate surface area is 115 Å². The van der Waals surface area contributed by atoms with Gasteiger partial charge < -0.3 is 24.8 Å². The van der Waals surface area contributed by atoms with Gasteiger partial charge in [0.1, 0.15) is 0 Å². The van der Waals surface area contributed by atoms with Gasteiger partial charge in [0.15, 0.2) is 11.5 Å². The smallest absolute Gasteiger partial charge is 0.165 e. The van der Waals surface area contributed by atoms with Crippen molar-refractivity contribution in [2.75, 3.05) is 47.6 Å². The molecule has 0 atom stereocenters. The molecule has 0 aliphatic carbocycles. The Morgan fingerprint density at radius 2 is 1.74 bits per heavy atom. The van der Waals surface area contributed by atoms with Crippen molar-refractivity contribution in [3.8, 4) is 11.5 Å². The molecule has 0 aliphatic rings. The van der Waals surface area contributed by atoms with E-state index in [1.54, 1.807) is 21.3 Å². The third kappa shape index (κ3) is 5.46. The van der Waals surface area contributed by atoms with Crippen molar-refractivity contribution < 1.29 is 14.2 Å². The number of nitrogens with one attached hydrogen (secondary N) is 2. The van der Waals surface area contributed by atoms with Gasteiger partial charge in [0.25, 0.3) is 0 Å². The van der Waals surface area contributed by atoms with Crippen LogP contribution in [0.15, 0.2) is 18.2 Å². The summed E-state index contributed by atoms with van der Waals surface area (Å²) in [4.78, 5) is 0. The van der Waals surface area contributed by atoms with Gasteiger partial charge in [-0.2, -0.15) is 0 Å². The van der Waals surface area contributed by atoms with Crippen molar-refractivity contribution in [1.82, 2.24) is 10.6 Å². The van der Waals surface area contributed by atoms with Gasteiger partial charge in [-0.05, 0) is 6.07 Å². The number of rotatable bonds is 10. The van der Waals surface area contributed by atoms with Gasteiger partial charge in [0, 0.05) is 38.9 Å². The van der Waals surface area contributed by atoms with E-state index in [4.69, 9.17) is 14.2 Å². The fourth-order valence-corrected chi connectivity index (χ4v) is 1.79.